The quantitative estimate of drug-likeness (QED) is 0.822. The van der Waals surface area contributed by atoms with E-state index in [1.165, 1.54) is 6.42 Å². The van der Waals surface area contributed by atoms with E-state index in [-0.39, 0.29) is 5.91 Å². The Balaban J connectivity index is 2.57. The van der Waals surface area contributed by atoms with Gasteiger partial charge in [-0.15, -0.1) is 0 Å². The molecule has 1 aromatic heterocycles. The van der Waals surface area contributed by atoms with Crippen molar-refractivity contribution in [3.63, 3.8) is 0 Å². The molecule has 0 saturated heterocycles. The molecule has 0 saturated carbocycles. The van der Waals surface area contributed by atoms with Crippen LogP contribution in [0.15, 0.2) is 18.3 Å². The highest BCUT2D eigenvalue weighted by Crippen LogP contribution is 2.12. The fraction of sp³-hybridized carbons (Fsp3) is 0.600. The fourth-order valence-electron chi connectivity index (χ4n) is 1.66. The number of amides is 1. The summed E-state index contributed by atoms with van der Waals surface area (Å²) in [6.07, 6.45) is 4.10. The van der Waals surface area contributed by atoms with Crippen molar-refractivity contribution in [2.24, 2.45) is 5.92 Å². The molecule has 0 atom stereocenters. The highest BCUT2D eigenvalue weighted by atomic mass is 16.1. The molecule has 1 N–H and O–H groups in total. The van der Waals surface area contributed by atoms with E-state index in [1.54, 1.807) is 12.3 Å². The van der Waals surface area contributed by atoms with Crippen LogP contribution >= 0.6 is 0 Å². The highest BCUT2D eigenvalue weighted by Gasteiger charge is 2.08. The number of pyridine rings is 1. The summed E-state index contributed by atoms with van der Waals surface area (Å²) in [6.45, 7) is 8.00. The van der Waals surface area contributed by atoms with Gasteiger partial charge in [0.1, 0.15) is 5.69 Å². The second-order valence-electron chi connectivity index (χ2n) is 5.28. The molecule has 0 aromatic carbocycles. The molecular formula is C15H25N3O. The van der Waals surface area contributed by atoms with Gasteiger partial charge in [0, 0.05) is 20.1 Å². The molecule has 0 aliphatic carbocycles. The van der Waals surface area contributed by atoms with Crippen molar-refractivity contribution in [2.45, 2.75) is 33.6 Å². The molecule has 1 aromatic rings. The Labute approximate surface area is 116 Å². The zero-order chi connectivity index (χ0) is 14.3. The molecule has 0 radical (unpaired) electrons. The molecule has 4 nitrogen and oxygen atoms in total. The van der Waals surface area contributed by atoms with Crippen molar-refractivity contribution in [1.82, 2.24) is 10.3 Å². The van der Waals surface area contributed by atoms with Crippen LogP contribution in [-0.4, -0.2) is 31.0 Å². The first-order valence-electron chi connectivity index (χ1n) is 7.00. The molecule has 0 fully saturated rings. The van der Waals surface area contributed by atoms with Gasteiger partial charge in [0.2, 0.25) is 0 Å². The third kappa shape index (κ3) is 5.28. The normalized spacial score (nSPS) is 10.6. The smallest absolute Gasteiger partial charge is 0.269 e. The number of nitrogens with zero attached hydrogens (tertiary/aromatic N) is 2. The SMILES string of the molecule is CCCCN(C)c1ccc(C(=O)NCC(C)C)nc1. The standard InChI is InChI=1S/C15H25N3O/c1-5-6-9-18(4)13-7-8-14(16-11-13)15(19)17-10-12(2)3/h7-8,11-12H,5-6,9-10H2,1-4H3,(H,17,19). The van der Waals surface area contributed by atoms with Crippen LogP contribution < -0.4 is 10.2 Å². The number of rotatable bonds is 7. The van der Waals surface area contributed by atoms with Crippen molar-refractivity contribution >= 4 is 11.6 Å². The minimum atomic E-state index is -0.100. The average molecular weight is 263 g/mol. The van der Waals surface area contributed by atoms with Crippen LogP contribution in [0.1, 0.15) is 44.1 Å². The monoisotopic (exact) mass is 263 g/mol. The molecule has 4 heteroatoms. The van der Waals surface area contributed by atoms with Gasteiger partial charge in [-0.05, 0) is 24.5 Å². The second-order valence-corrected chi connectivity index (χ2v) is 5.28. The van der Waals surface area contributed by atoms with Gasteiger partial charge in [-0.25, -0.2) is 4.98 Å². The van der Waals surface area contributed by atoms with Crippen molar-refractivity contribution in [1.29, 1.82) is 0 Å². The van der Waals surface area contributed by atoms with Gasteiger partial charge in [-0.1, -0.05) is 27.2 Å². The Kier molecular flexibility index (Phi) is 6.33. The molecule has 1 heterocycles. The Morgan fingerprint density at radius 1 is 1.42 bits per heavy atom. The predicted octanol–water partition coefficient (Wildman–Crippen LogP) is 2.70. The maximum Gasteiger partial charge on any atom is 0.269 e. The molecule has 0 spiro atoms. The van der Waals surface area contributed by atoms with Crippen LogP contribution in [0.4, 0.5) is 5.69 Å². The predicted molar refractivity (Wildman–Crippen MR) is 79.6 cm³/mol. The summed E-state index contributed by atoms with van der Waals surface area (Å²) in [5.41, 5.74) is 1.53. The van der Waals surface area contributed by atoms with Gasteiger partial charge in [0.15, 0.2) is 0 Å². The summed E-state index contributed by atoms with van der Waals surface area (Å²) < 4.78 is 0. The van der Waals surface area contributed by atoms with Gasteiger partial charge < -0.3 is 10.2 Å². The zero-order valence-corrected chi connectivity index (χ0v) is 12.4. The van der Waals surface area contributed by atoms with E-state index >= 15 is 0 Å². The number of unbranched alkanes of at least 4 members (excludes halogenated alkanes) is 1. The van der Waals surface area contributed by atoms with Crippen LogP contribution in [0.25, 0.3) is 0 Å². The van der Waals surface area contributed by atoms with Crippen LogP contribution in [0, 0.1) is 5.92 Å². The largest absolute Gasteiger partial charge is 0.373 e. The number of nitrogens with one attached hydrogen (secondary N) is 1. The van der Waals surface area contributed by atoms with Crippen LogP contribution in [0.3, 0.4) is 0 Å². The van der Waals surface area contributed by atoms with Crippen molar-refractivity contribution < 1.29 is 4.79 Å². The van der Waals surface area contributed by atoms with Gasteiger partial charge in [-0.2, -0.15) is 0 Å². The number of anilines is 1. The number of hydrogen-bond acceptors (Lipinski definition) is 3. The molecule has 0 unspecified atom stereocenters. The minimum Gasteiger partial charge on any atom is -0.373 e. The molecule has 1 amide bonds. The fourth-order valence-corrected chi connectivity index (χ4v) is 1.66. The zero-order valence-electron chi connectivity index (χ0n) is 12.4. The van der Waals surface area contributed by atoms with Gasteiger partial charge in [0.05, 0.1) is 11.9 Å². The highest BCUT2D eigenvalue weighted by molar-refractivity contribution is 5.92. The first kappa shape index (κ1) is 15.5. The van der Waals surface area contributed by atoms with Gasteiger partial charge in [0.25, 0.3) is 5.91 Å². The lowest BCUT2D eigenvalue weighted by Crippen LogP contribution is -2.28. The summed E-state index contributed by atoms with van der Waals surface area (Å²) >= 11 is 0. The molecular weight excluding hydrogens is 238 g/mol. The summed E-state index contributed by atoms with van der Waals surface area (Å²) in [4.78, 5) is 18.2. The maximum absolute atomic E-state index is 11.8. The lowest BCUT2D eigenvalue weighted by atomic mass is 10.2. The minimum absolute atomic E-state index is 0.100. The Hall–Kier alpha value is -1.58. The van der Waals surface area contributed by atoms with Crippen LogP contribution in [0.5, 0.6) is 0 Å². The van der Waals surface area contributed by atoms with Crippen molar-refractivity contribution in [3.8, 4) is 0 Å². The van der Waals surface area contributed by atoms with Gasteiger partial charge >= 0.3 is 0 Å². The summed E-state index contributed by atoms with van der Waals surface area (Å²) in [5, 5.41) is 2.87. The van der Waals surface area contributed by atoms with E-state index < -0.39 is 0 Å². The second kappa shape index (κ2) is 7.77. The lowest BCUT2D eigenvalue weighted by molar-refractivity contribution is 0.0944. The summed E-state index contributed by atoms with van der Waals surface area (Å²) in [5.74, 6) is 0.347. The molecule has 1 rings (SSSR count). The number of carbonyl (C=O) groups is 1. The van der Waals surface area contributed by atoms with Crippen LogP contribution in [0.2, 0.25) is 0 Å². The molecule has 19 heavy (non-hydrogen) atoms. The van der Waals surface area contributed by atoms with E-state index in [4.69, 9.17) is 0 Å². The Morgan fingerprint density at radius 2 is 2.16 bits per heavy atom. The molecule has 0 aliphatic rings. The van der Waals surface area contributed by atoms with Crippen LogP contribution in [-0.2, 0) is 0 Å². The van der Waals surface area contributed by atoms with Crippen molar-refractivity contribution in [3.05, 3.63) is 24.0 Å². The number of carbonyl (C=O) groups excluding carboxylic acids is 1. The summed E-state index contributed by atoms with van der Waals surface area (Å²) in [7, 11) is 2.05. The van der Waals surface area contributed by atoms with Crippen molar-refractivity contribution in [2.75, 3.05) is 25.0 Å². The molecule has 0 bridgehead atoms. The van der Waals surface area contributed by atoms with E-state index in [9.17, 15) is 4.79 Å². The Morgan fingerprint density at radius 3 is 2.68 bits per heavy atom. The van der Waals surface area contributed by atoms with E-state index in [0.717, 1.165) is 18.7 Å². The van der Waals surface area contributed by atoms with Gasteiger partial charge in [-0.3, -0.25) is 4.79 Å². The van der Waals surface area contributed by atoms with E-state index in [1.807, 2.05) is 13.1 Å². The first-order valence-corrected chi connectivity index (χ1v) is 7.00. The first-order chi connectivity index (χ1) is 9.04. The Bertz CT molecular complexity index is 387. The summed E-state index contributed by atoms with van der Waals surface area (Å²) in [6, 6.07) is 3.74. The molecule has 106 valence electrons. The average Bonchev–Trinajstić information content (AvgIpc) is 2.42. The lowest BCUT2D eigenvalue weighted by Gasteiger charge is -2.18. The van der Waals surface area contributed by atoms with E-state index in [0.29, 0.717) is 18.2 Å². The number of hydrogen-bond donors (Lipinski definition) is 1. The molecule has 0 aliphatic heterocycles. The van der Waals surface area contributed by atoms with E-state index in [2.05, 4.69) is 36.0 Å². The maximum atomic E-state index is 11.8. The third-order valence-electron chi connectivity index (χ3n) is 2.94. The third-order valence-corrected chi connectivity index (χ3v) is 2.94. The number of aromatic nitrogens is 1. The topological polar surface area (TPSA) is 45.2 Å².